The smallest absolute Gasteiger partial charge is 0.356 e. The average Bonchev–Trinajstić information content (AvgIpc) is 3.20. The van der Waals surface area contributed by atoms with E-state index in [9.17, 15) is 4.79 Å². The van der Waals surface area contributed by atoms with E-state index in [1.165, 1.54) is 37.4 Å². The van der Waals surface area contributed by atoms with Gasteiger partial charge in [0.2, 0.25) is 0 Å². The van der Waals surface area contributed by atoms with E-state index in [2.05, 4.69) is 31.7 Å². The summed E-state index contributed by atoms with van der Waals surface area (Å²) in [7, 11) is 0. The lowest BCUT2D eigenvalue weighted by atomic mass is 10.1. The highest BCUT2D eigenvalue weighted by atomic mass is 32.1. The molecule has 6 heteroatoms. The normalized spacial score (nSPS) is 15.5. The molecule has 22 heavy (non-hydrogen) atoms. The van der Waals surface area contributed by atoms with Crippen molar-refractivity contribution in [2.24, 2.45) is 0 Å². The average molecular weight is 317 g/mol. The fraction of sp³-hybridized carbons (Fsp3) is 0.438. The highest BCUT2D eigenvalue weighted by molar-refractivity contribution is 7.07. The molecule has 1 fully saturated rings. The van der Waals surface area contributed by atoms with Crippen LogP contribution in [0.15, 0.2) is 29.2 Å². The fourth-order valence-corrected chi connectivity index (χ4v) is 3.62. The van der Waals surface area contributed by atoms with Gasteiger partial charge in [-0.25, -0.2) is 9.78 Å². The van der Waals surface area contributed by atoms with Crippen LogP contribution in [0.5, 0.6) is 0 Å². The topological polar surface area (TPSA) is 66.3 Å². The molecule has 0 bridgehead atoms. The van der Waals surface area contributed by atoms with Crippen LogP contribution in [-0.4, -0.2) is 32.0 Å². The predicted octanol–water partition coefficient (Wildman–Crippen LogP) is 3.18. The van der Waals surface area contributed by atoms with Gasteiger partial charge in [-0.1, -0.05) is 12.8 Å². The fourth-order valence-electron chi connectivity index (χ4n) is 2.96. The molecule has 0 aliphatic heterocycles. The SMILES string of the molecule is O=C(O)c1cnc(CN(Cc2ccsc2)C2CCCC2)cn1. The molecule has 1 saturated carbocycles. The number of aromatic carboxylic acids is 1. The van der Waals surface area contributed by atoms with Gasteiger partial charge in [0.15, 0.2) is 5.69 Å². The highest BCUT2D eigenvalue weighted by Crippen LogP contribution is 2.26. The maximum atomic E-state index is 10.8. The van der Waals surface area contributed by atoms with Crippen molar-refractivity contribution in [1.82, 2.24) is 14.9 Å². The summed E-state index contributed by atoms with van der Waals surface area (Å²) in [6.07, 6.45) is 7.95. The molecule has 0 atom stereocenters. The van der Waals surface area contributed by atoms with Crippen LogP contribution in [-0.2, 0) is 13.1 Å². The van der Waals surface area contributed by atoms with Gasteiger partial charge in [-0.15, -0.1) is 0 Å². The second-order valence-electron chi connectivity index (χ2n) is 5.67. The van der Waals surface area contributed by atoms with Crippen molar-refractivity contribution in [3.8, 4) is 0 Å². The number of carbonyl (C=O) groups is 1. The van der Waals surface area contributed by atoms with E-state index in [-0.39, 0.29) is 5.69 Å². The zero-order valence-corrected chi connectivity index (χ0v) is 13.1. The van der Waals surface area contributed by atoms with Gasteiger partial charge < -0.3 is 5.11 Å². The molecule has 5 nitrogen and oxygen atoms in total. The van der Waals surface area contributed by atoms with Crippen molar-refractivity contribution in [3.05, 3.63) is 46.2 Å². The van der Waals surface area contributed by atoms with Gasteiger partial charge in [0.1, 0.15) is 0 Å². The van der Waals surface area contributed by atoms with E-state index >= 15 is 0 Å². The summed E-state index contributed by atoms with van der Waals surface area (Å²) < 4.78 is 0. The summed E-state index contributed by atoms with van der Waals surface area (Å²) in [4.78, 5) is 21.5. The Bertz CT molecular complexity index is 607. The Morgan fingerprint density at radius 1 is 1.27 bits per heavy atom. The van der Waals surface area contributed by atoms with Gasteiger partial charge in [0.05, 0.1) is 18.1 Å². The lowest BCUT2D eigenvalue weighted by Crippen LogP contribution is -2.32. The summed E-state index contributed by atoms with van der Waals surface area (Å²) in [5, 5.41) is 13.2. The van der Waals surface area contributed by atoms with Crippen molar-refractivity contribution >= 4 is 17.3 Å². The Morgan fingerprint density at radius 2 is 2.09 bits per heavy atom. The summed E-state index contributed by atoms with van der Waals surface area (Å²) in [6.45, 7) is 1.63. The van der Waals surface area contributed by atoms with Crippen LogP contribution < -0.4 is 0 Å². The first kappa shape index (κ1) is 15.1. The molecule has 0 saturated heterocycles. The summed E-state index contributed by atoms with van der Waals surface area (Å²) in [5.41, 5.74) is 2.15. The quantitative estimate of drug-likeness (QED) is 0.886. The van der Waals surface area contributed by atoms with Crippen molar-refractivity contribution in [2.45, 2.75) is 44.8 Å². The number of nitrogens with zero attached hydrogens (tertiary/aromatic N) is 3. The van der Waals surface area contributed by atoms with Gasteiger partial charge in [-0.2, -0.15) is 11.3 Å². The van der Waals surface area contributed by atoms with Gasteiger partial charge in [0.25, 0.3) is 0 Å². The maximum Gasteiger partial charge on any atom is 0.356 e. The lowest BCUT2D eigenvalue weighted by Gasteiger charge is -2.28. The van der Waals surface area contributed by atoms with Crippen molar-refractivity contribution in [3.63, 3.8) is 0 Å². The van der Waals surface area contributed by atoms with Gasteiger partial charge in [-0.05, 0) is 35.2 Å². The lowest BCUT2D eigenvalue weighted by molar-refractivity contribution is 0.0689. The molecule has 0 aromatic carbocycles. The van der Waals surface area contributed by atoms with Crippen LogP contribution >= 0.6 is 11.3 Å². The van der Waals surface area contributed by atoms with E-state index in [1.54, 1.807) is 17.5 Å². The largest absolute Gasteiger partial charge is 0.476 e. The minimum absolute atomic E-state index is 0.00555. The standard InChI is InChI=1S/C16H19N3O2S/c20-16(21)15-8-17-13(7-18-15)10-19(14-3-1-2-4-14)9-12-5-6-22-11-12/h5-8,11,14H,1-4,9-10H2,(H,20,21). The third kappa shape index (κ3) is 3.69. The molecule has 0 unspecified atom stereocenters. The number of carboxylic acids is 1. The number of rotatable bonds is 6. The molecule has 1 aliphatic rings. The monoisotopic (exact) mass is 317 g/mol. The Balaban J connectivity index is 1.72. The maximum absolute atomic E-state index is 10.8. The first-order chi connectivity index (χ1) is 10.7. The van der Waals surface area contributed by atoms with E-state index in [0.29, 0.717) is 12.6 Å². The highest BCUT2D eigenvalue weighted by Gasteiger charge is 2.23. The summed E-state index contributed by atoms with van der Waals surface area (Å²) in [6, 6.07) is 2.74. The van der Waals surface area contributed by atoms with Crippen molar-refractivity contribution in [2.75, 3.05) is 0 Å². The molecule has 1 aliphatic carbocycles. The van der Waals surface area contributed by atoms with Crippen LogP contribution in [0.25, 0.3) is 0 Å². The molecule has 0 spiro atoms. The van der Waals surface area contributed by atoms with Crippen LogP contribution in [0.3, 0.4) is 0 Å². The molecule has 2 aromatic heterocycles. The zero-order chi connectivity index (χ0) is 15.4. The number of carboxylic acid groups (broad SMARTS) is 1. The van der Waals surface area contributed by atoms with E-state index < -0.39 is 5.97 Å². The minimum atomic E-state index is -1.04. The van der Waals surface area contributed by atoms with Crippen molar-refractivity contribution < 1.29 is 9.90 Å². The predicted molar refractivity (Wildman–Crippen MR) is 84.8 cm³/mol. The Labute approximate surface area is 133 Å². The van der Waals surface area contributed by atoms with E-state index in [0.717, 1.165) is 12.2 Å². The zero-order valence-electron chi connectivity index (χ0n) is 12.3. The second-order valence-corrected chi connectivity index (χ2v) is 6.45. The van der Waals surface area contributed by atoms with Gasteiger partial charge in [-0.3, -0.25) is 9.88 Å². The molecule has 2 aromatic rings. The molecule has 2 heterocycles. The Kier molecular flexibility index (Phi) is 4.80. The van der Waals surface area contributed by atoms with Crippen LogP contribution in [0, 0.1) is 0 Å². The first-order valence-electron chi connectivity index (χ1n) is 7.52. The van der Waals surface area contributed by atoms with Gasteiger partial charge in [0, 0.05) is 19.1 Å². The number of thiophene rings is 1. The van der Waals surface area contributed by atoms with Crippen LogP contribution in [0.1, 0.15) is 47.4 Å². The number of hydrogen-bond donors (Lipinski definition) is 1. The third-order valence-corrected chi connectivity index (χ3v) is 4.83. The Hall–Kier alpha value is -1.79. The second kappa shape index (κ2) is 6.98. The molecule has 0 radical (unpaired) electrons. The first-order valence-corrected chi connectivity index (χ1v) is 8.46. The number of hydrogen-bond acceptors (Lipinski definition) is 5. The Morgan fingerprint density at radius 3 is 2.68 bits per heavy atom. The summed E-state index contributed by atoms with van der Waals surface area (Å²) in [5.74, 6) is -1.04. The molecule has 0 amide bonds. The van der Waals surface area contributed by atoms with E-state index in [1.807, 2.05) is 0 Å². The van der Waals surface area contributed by atoms with Crippen LogP contribution in [0.4, 0.5) is 0 Å². The molecular weight excluding hydrogens is 298 g/mol. The van der Waals surface area contributed by atoms with E-state index in [4.69, 9.17) is 5.11 Å². The number of aromatic nitrogens is 2. The van der Waals surface area contributed by atoms with Crippen molar-refractivity contribution in [1.29, 1.82) is 0 Å². The molecule has 3 rings (SSSR count). The minimum Gasteiger partial charge on any atom is -0.476 e. The molecular formula is C16H19N3O2S. The van der Waals surface area contributed by atoms with Gasteiger partial charge >= 0.3 is 5.97 Å². The summed E-state index contributed by atoms with van der Waals surface area (Å²) >= 11 is 1.72. The third-order valence-electron chi connectivity index (χ3n) is 4.10. The molecule has 116 valence electrons. The molecule has 1 N–H and O–H groups in total. The van der Waals surface area contributed by atoms with Crippen LogP contribution in [0.2, 0.25) is 0 Å².